The minimum absolute atomic E-state index is 0.258. The zero-order chi connectivity index (χ0) is 12.8. The summed E-state index contributed by atoms with van der Waals surface area (Å²) >= 11 is 0. The van der Waals surface area contributed by atoms with E-state index in [1.165, 1.54) is 0 Å². The van der Waals surface area contributed by atoms with Gasteiger partial charge in [-0.15, -0.1) is 0 Å². The highest BCUT2D eigenvalue weighted by molar-refractivity contribution is 5.80. The molecule has 1 aromatic rings. The van der Waals surface area contributed by atoms with Crippen molar-refractivity contribution in [1.29, 1.82) is 0 Å². The van der Waals surface area contributed by atoms with Crippen molar-refractivity contribution in [3.8, 4) is 5.75 Å². The Morgan fingerprint density at radius 1 is 1.41 bits per heavy atom. The Morgan fingerprint density at radius 3 is 2.71 bits per heavy atom. The molecule has 0 aliphatic rings. The highest BCUT2D eigenvalue weighted by Gasteiger charge is 2.12. The lowest BCUT2D eigenvalue weighted by molar-refractivity contribution is -0.118. The third-order valence-electron chi connectivity index (χ3n) is 2.92. The van der Waals surface area contributed by atoms with Crippen LogP contribution in [0.4, 0.5) is 0 Å². The van der Waals surface area contributed by atoms with Crippen LogP contribution < -0.4 is 4.74 Å². The van der Waals surface area contributed by atoms with Crippen LogP contribution in [0.2, 0.25) is 0 Å². The first-order valence-electron chi connectivity index (χ1n) is 6.10. The van der Waals surface area contributed by atoms with E-state index >= 15 is 0 Å². The van der Waals surface area contributed by atoms with E-state index in [1.807, 2.05) is 13.8 Å². The van der Waals surface area contributed by atoms with Crippen LogP contribution in [0.25, 0.3) is 0 Å². The van der Waals surface area contributed by atoms with Gasteiger partial charge in [0.15, 0.2) is 0 Å². The van der Waals surface area contributed by atoms with E-state index < -0.39 is 0 Å². The number of hydrogen-bond donors (Lipinski definition) is 0. The fourth-order valence-electron chi connectivity index (χ4n) is 1.90. The smallest absolute Gasteiger partial charge is 0.138 e. The van der Waals surface area contributed by atoms with Gasteiger partial charge in [0.05, 0.1) is 12.8 Å². The molecule has 1 aromatic heterocycles. The standard InChI is InChI=1S/C14H21NO2/c1-5-6-7-12(16)8-13-11(3)14(17-4)10(2)9-15-13/h9H,5-8H2,1-4H3. The molecule has 1 rings (SSSR count). The van der Waals surface area contributed by atoms with Crippen molar-refractivity contribution >= 4 is 5.78 Å². The van der Waals surface area contributed by atoms with Crippen LogP contribution in [0.1, 0.15) is 43.0 Å². The molecule has 0 saturated heterocycles. The SMILES string of the molecule is CCCCC(=O)Cc1ncc(C)c(OC)c1C. The Bertz CT molecular complexity index is 399. The number of hydrogen-bond acceptors (Lipinski definition) is 3. The quantitative estimate of drug-likeness (QED) is 0.761. The van der Waals surface area contributed by atoms with Gasteiger partial charge in [0.25, 0.3) is 0 Å². The predicted octanol–water partition coefficient (Wildman–Crippen LogP) is 3.01. The number of carbonyl (C=O) groups excluding carboxylic acids is 1. The van der Waals surface area contributed by atoms with E-state index in [9.17, 15) is 4.79 Å². The molecule has 0 atom stereocenters. The van der Waals surface area contributed by atoms with E-state index in [2.05, 4.69) is 11.9 Å². The summed E-state index contributed by atoms with van der Waals surface area (Å²) in [4.78, 5) is 16.1. The van der Waals surface area contributed by atoms with Gasteiger partial charge >= 0.3 is 0 Å². The summed E-state index contributed by atoms with van der Waals surface area (Å²) in [6.07, 6.45) is 4.85. The van der Waals surface area contributed by atoms with Crippen molar-refractivity contribution in [3.05, 3.63) is 23.0 Å². The van der Waals surface area contributed by atoms with Crippen molar-refractivity contribution in [2.45, 2.75) is 46.5 Å². The second-order valence-corrected chi connectivity index (χ2v) is 4.37. The number of carbonyl (C=O) groups is 1. The third kappa shape index (κ3) is 3.55. The zero-order valence-corrected chi connectivity index (χ0v) is 11.2. The zero-order valence-electron chi connectivity index (χ0n) is 11.2. The van der Waals surface area contributed by atoms with Gasteiger partial charge in [-0.1, -0.05) is 13.3 Å². The van der Waals surface area contributed by atoms with Gasteiger partial charge in [0.2, 0.25) is 0 Å². The number of nitrogens with zero attached hydrogens (tertiary/aromatic N) is 1. The van der Waals surface area contributed by atoms with E-state index in [0.29, 0.717) is 12.8 Å². The van der Waals surface area contributed by atoms with Crippen LogP contribution >= 0.6 is 0 Å². The van der Waals surface area contributed by atoms with Gasteiger partial charge in [0, 0.05) is 30.2 Å². The summed E-state index contributed by atoms with van der Waals surface area (Å²) in [7, 11) is 1.65. The number of methoxy groups -OCH3 is 1. The molecule has 0 amide bonds. The second kappa shape index (κ2) is 6.38. The summed E-state index contributed by atoms with van der Waals surface area (Å²) in [6.45, 7) is 6.01. The van der Waals surface area contributed by atoms with E-state index in [1.54, 1.807) is 13.3 Å². The number of ketones is 1. The molecule has 94 valence electrons. The molecular weight excluding hydrogens is 214 g/mol. The molecule has 0 aliphatic carbocycles. The van der Waals surface area contributed by atoms with Gasteiger partial charge < -0.3 is 4.74 Å². The Hall–Kier alpha value is -1.38. The van der Waals surface area contributed by atoms with Crippen molar-refractivity contribution < 1.29 is 9.53 Å². The number of rotatable bonds is 6. The summed E-state index contributed by atoms with van der Waals surface area (Å²) < 4.78 is 5.33. The van der Waals surface area contributed by atoms with Crippen molar-refractivity contribution in [2.75, 3.05) is 7.11 Å². The van der Waals surface area contributed by atoms with Gasteiger partial charge in [-0.25, -0.2) is 0 Å². The molecule has 0 spiro atoms. The molecule has 0 radical (unpaired) electrons. The molecule has 0 unspecified atom stereocenters. The van der Waals surface area contributed by atoms with Crippen LogP contribution in [0.3, 0.4) is 0 Å². The lowest BCUT2D eigenvalue weighted by Gasteiger charge is -2.11. The van der Waals surface area contributed by atoms with Crippen LogP contribution in [-0.2, 0) is 11.2 Å². The normalized spacial score (nSPS) is 10.4. The molecular formula is C14H21NO2. The Balaban J connectivity index is 2.81. The number of Topliss-reactive ketones (excluding diaryl/α,β-unsaturated/α-hetero) is 1. The van der Waals surface area contributed by atoms with Gasteiger partial charge in [-0.2, -0.15) is 0 Å². The highest BCUT2D eigenvalue weighted by Crippen LogP contribution is 2.24. The summed E-state index contributed by atoms with van der Waals surface area (Å²) in [5.41, 5.74) is 2.83. The largest absolute Gasteiger partial charge is 0.496 e. The third-order valence-corrected chi connectivity index (χ3v) is 2.92. The maximum atomic E-state index is 11.7. The summed E-state index contributed by atoms with van der Waals surface area (Å²) in [5, 5.41) is 0. The van der Waals surface area contributed by atoms with Crippen molar-refractivity contribution in [2.24, 2.45) is 0 Å². The first-order chi connectivity index (χ1) is 8.10. The highest BCUT2D eigenvalue weighted by atomic mass is 16.5. The van der Waals surface area contributed by atoms with E-state index in [4.69, 9.17) is 4.74 Å². The fourth-order valence-corrected chi connectivity index (χ4v) is 1.90. The lowest BCUT2D eigenvalue weighted by Crippen LogP contribution is -2.07. The maximum absolute atomic E-state index is 11.7. The van der Waals surface area contributed by atoms with E-state index in [-0.39, 0.29) is 5.78 Å². The van der Waals surface area contributed by atoms with Crippen LogP contribution in [0, 0.1) is 13.8 Å². The molecule has 0 bridgehead atoms. The number of pyridine rings is 1. The number of ether oxygens (including phenoxy) is 1. The maximum Gasteiger partial charge on any atom is 0.138 e. The number of aryl methyl sites for hydroxylation is 1. The van der Waals surface area contributed by atoms with Crippen LogP contribution in [-0.4, -0.2) is 17.9 Å². The average Bonchev–Trinajstić information content (AvgIpc) is 2.31. The Morgan fingerprint density at radius 2 is 2.12 bits per heavy atom. The average molecular weight is 235 g/mol. The van der Waals surface area contributed by atoms with Gasteiger partial charge in [0.1, 0.15) is 11.5 Å². The molecule has 0 saturated carbocycles. The summed E-state index contributed by atoms with van der Waals surface area (Å²) in [5.74, 6) is 1.10. The molecule has 0 aliphatic heterocycles. The van der Waals surface area contributed by atoms with Crippen molar-refractivity contribution in [1.82, 2.24) is 4.98 Å². The first kappa shape index (κ1) is 13.7. The minimum atomic E-state index is 0.258. The second-order valence-electron chi connectivity index (χ2n) is 4.37. The van der Waals surface area contributed by atoms with Crippen LogP contribution in [0.5, 0.6) is 5.75 Å². The molecule has 1 heterocycles. The topological polar surface area (TPSA) is 39.2 Å². The molecule has 0 aromatic carbocycles. The number of unbranched alkanes of at least 4 members (excludes halogenated alkanes) is 1. The molecule has 0 fully saturated rings. The first-order valence-corrected chi connectivity index (χ1v) is 6.10. The van der Waals surface area contributed by atoms with Crippen molar-refractivity contribution in [3.63, 3.8) is 0 Å². The molecule has 0 N–H and O–H groups in total. The lowest BCUT2D eigenvalue weighted by atomic mass is 10.0. The Kier molecular flexibility index (Phi) is 5.13. The fraction of sp³-hybridized carbons (Fsp3) is 0.571. The Labute approximate surface area is 103 Å². The van der Waals surface area contributed by atoms with E-state index in [0.717, 1.165) is 35.4 Å². The monoisotopic (exact) mass is 235 g/mol. The van der Waals surface area contributed by atoms with Gasteiger partial charge in [-0.05, 0) is 20.3 Å². The summed E-state index contributed by atoms with van der Waals surface area (Å²) in [6, 6.07) is 0. The van der Waals surface area contributed by atoms with Gasteiger partial charge in [-0.3, -0.25) is 9.78 Å². The molecule has 3 heteroatoms. The van der Waals surface area contributed by atoms with Crippen LogP contribution in [0.15, 0.2) is 6.20 Å². The predicted molar refractivity (Wildman–Crippen MR) is 68.5 cm³/mol. The molecule has 17 heavy (non-hydrogen) atoms. The minimum Gasteiger partial charge on any atom is -0.496 e. The molecule has 3 nitrogen and oxygen atoms in total. The number of aromatic nitrogens is 1.